The summed E-state index contributed by atoms with van der Waals surface area (Å²) in [6, 6.07) is 7.56. The Balaban J connectivity index is 2.22. The molecule has 8 heteroatoms. The molecule has 0 fully saturated rings. The normalized spacial score (nSPS) is 11.8. The molecule has 0 aliphatic heterocycles. The number of hydrogen-bond donors (Lipinski definition) is 2. The average Bonchev–Trinajstić information content (AvgIpc) is 3.09. The van der Waals surface area contributed by atoms with E-state index in [4.69, 9.17) is 16.3 Å². The van der Waals surface area contributed by atoms with Crippen LogP contribution in [0, 0.1) is 5.92 Å². The van der Waals surface area contributed by atoms with Crippen molar-refractivity contribution in [2.75, 3.05) is 11.9 Å². The van der Waals surface area contributed by atoms with Gasteiger partial charge in [-0.1, -0.05) is 44.5 Å². The van der Waals surface area contributed by atoms with Crippen molar-refractivity contribution in [3.63, 3.8) is 0 Å². The van der Waals surface area contributed by atoms with E-state index in [1.807, 2.05) is 20.8 Å². The molecule has 0 radical (unpaired) electrons. The molecule has 0 saturated carbocycles. The topological polar surface area (TPSA) is 84.5 Å². The van der Waals surface area contributed by atoms with Crippen LogP contribution in [0.1, 0.15) is 53.3 Å². The van der Waals surface area contributed by atoms with E-state index < -0.39 is 23.8 Å². The number of benzene rings is 1. The molecule has 1 atom stereocenters. The van der Waals surface area contributed by atoms with E-state index in [0.717, 1.165) is 11.3 Å². The van der Waals surface area contributed by atoms with Crippen molar-refractivity contribution in [1.29, 1.82) is 0 Å². The summed E-state index contributed by atoms with van der Waals surface area (Å²) in [5.74, 6) is -1.51. The SMILES string of the molecule is CCOC(=O)c1cc(CC)sc1NC(=O)C(NC(=O)c1ccccc1Cl)C(C)C. The van der Waals surface area contributed by atoms with Crippen LogP contribution >= 0.6 is 22.9 Å². The van der Waals surface area contributed by atoms with E-state index in [1.54, 1.807) is 37.3 Å². The minimum Gasteiger partial charge on any atom is -0.462 e. The maximum absolute atomic E-state index is 12.9. The lowest BCUT2D eigenvalue weighted by molar-refractivity contribution is -0.118. The number of carbonyl (C=O) groups is 3. The first-order valence-electron chi connectivity index (χ1n) is 9.44. The summed E-state index contributed by atoms with van der Waals surface area (Å²) in [6.07, 6.45) is 0.726. The molecule has 0 spiro atoms. The molecule has 1 aromatic heterocycles. The number of anilines is 1. The molecule has 1 unspecified atom stereocenters. The van der Waals surface area contributed by atoms with Crippen LogP contribution in [-0.2, 0) is 16.0 Å². The Bertz CT molecular complexity index is 895. The number of esters is 1. The number of carbonyl (C=O) groups excluding carboxylic acids is 3. The molecule has 0 bridgehead atoms. The third kappa shape index (κ3) is 5.81. The number of nitrogens with one attached hydrogen (secondary N) is 2. The van der Waals surface area contributed by atoms with Crippen LogP contribution in [0.3, 0.4) is 0 Å². The second kappa shape index (κ2) is 10.4. The van der Waals surface area contributed by atoms with Gasteiger partial charge in [0.05, 0.1) is 22.8 Å². The van der Waals surface area contributed by atoms with Crippen molar-refractivity contribution in [1.82, 2.24) is 5.32 Å². The lowest BCUT2D eigenvalue weighted by Crippen LogP contribution is -2.47. The maximum Gasteiger partial charge on any atom is 0.341 e. The van der Waals surface area contributed by atoms with Crippen LogP contribution < -0.4 is 10.6 Å². The third-order valence-corrected chi connectivity index (χ3v) is 5.74. The van der Waals surface area contributed by atoms with Gasteiger partial charge in [0.15, 0.2) is 0 Å². The molecule has 1 heterocycles. The standard InChI is InChI=1S/C21H25ClN2O4S/c1-5-13-11-15(21(27)28-6-2)20(29-13)24-19(26)17(12(3)4)23-18(25)14-9-7-8-10-16(14)22/h7-12,17H,5-6H2,1-4H3,(H,23,25)(H,24,26). The highest BCUT2D eigenvalue weighted by molar-refractivity contribution is 7.16. The highest BCUT2D eigenvalue weighted by atomic mass is 35.5. The highest BCUT2D eigenvalue weighted by Crippen LogP contribution is 2.30. The average molecular weight is 437 g/mol. The zero-order valence-corrected chi connectivity index (χ0v) is 18.4. The van der Waals surface area contributed by atoms with Crippen molar-refractivity contribution in [3.8, 4) is 0 Å². The number of halogens is 1. The number of ether oxygens (including phenoxy) is 1. The molecule has 0 saturated heterocycles. The monoisotopic (exact) mass is 436 g/mol. The van der Waals surface area contributed by atoms with Crippen molar-refractivity contribution < 1.29 is 19.1 Å². The summed E-state index contributed by atoms with van der Waals surface area (Å²) in [6.45, 7) is 7.59. The molecule has 156 valence electrons. The zero-order chi connectivity index (χ0) is 21.6. The first-order valence-corrected chi connectivity index (χ1v) is 10.6. The first kappa shape index (κ1) is 22.9. The highest BCUT2D eigenvalue weighted by Gasteiger charge is 2.27. The van der Waals surface area contributed by atoms with Crippen LogP contribution in [0.25, 0.3) is 0 Å². The summed E-state index contributed by atoms with van der Waals surface area (Å²) >= 11 is 7.41. The molecule has 2 rings (SSSR count). The first-order chi connectivity index (χ1) is 13.8. The fourth-order valence-corrected chi connectivity index (χ4v) is 3.87. The van der Waals surface area contributed by atoms with Crippen LogP contribution in [0.15, 0.2) is 30.3 Å². The fourth-order valence-electron chi connectivity index (χ4n) is 2.66. The minimum atomic E-state index is -0.805. The van der Waals surface area contributed by atoms with E-state index >= 15 is 0 Å². The molecular formula is C21H25ClN2O4S. The quantitative estimate of drug-likeness (QED) is 0.595. The van der Waals surface area contributed by atoms with Gasteiger partial charge in [-0.25, -0.2) is 4.79 Å². The number of aryl methyl sites for hydroxylation is 1. The lowest BCUT2D eigenvalue weighted by Gasteiger charge is -2.22. The Morgan fingerprint density at radius 2 is 1.83 bits per heavy atom. The van der Waals surface area contributed by atoms with Gasteiger partial charge in [-0.15, -0.1) is 11.3 Å². The van der Waals surface area contributed by atoms with Crippen molar-refractivity contribution in [2.24, 2.45) is 5.92 Å². The molecule has 2 N–H and O–H groups in total. The molecule has 1 aromatic carbocycles. The summed E-state index contributed by atoms with van der Waals surface area (Å²) in [5, 5.41) is 6.26. The Morgan fingerprint density at radius 3 is 2.41 bits per heavy atom. The van der Waals surface area contributed by atoms with Gasteiger partial charge in [-0.05, 0) is 37.5 Å². The van der Waals surface area contributed by atoms with Crippen molar-refractivity contribution in [3.05, 3.63) is 51.4 Å². The number of rotatable bonds is 8. The van der Waals surface area contributed by atoms with Crippen LogP contribution in [0.5, 0.6) is 0 Å². The summed E-state index contributed by atoms with van der Waals surface area (Å²) < 4.78 is 5.08. The van der Waals surface area contributed by atoms with Gasteiger partial charge >= 0.3 is 5.97 Å². The summed E-state index contributed by atoms with van der Waals surface area (Å²) in [7, 11) is 0. The smallest absolute Gasteiger partial charge is 0.341 e. The molecule has 0 aliphatic rings. The van der Waals surface area contributed by atoms with E-state index in [0.29, 0.717) is 21.2 Å². The van der Waals surface area contributed by atoms with Gasteiger partial charge in [0, 0.05) is 4.88 Å². The van der Waals surface area contributed by atoms with Gasteiger partial charge in [-0.3, -0.25) is 9.59 Å². The Hall–Kier alpha value is -2.38. The molecular weight excluding hydrogens is 412 g/mol. The molecule has 0 aliphatic carbocycles. The van der Waals surface area contributed by atoms with Gasteiger partial charge in [-0.2, -0.15) is 0 Å². The predicted molar refractivity (Wildman–Crippen MR) is 116 cm³/mol. The summed E-state index contributed by atoms with van der Waals surface area (Å²) in [4.78, 5) is 38.7. The van der Waals surface area contributed by atoms with Gasteiger partial charge < -0.3 is 15.4 Å². The minimum absolute atomic E-state index is 0.182. The van der Waals surface area contributed by atoms with Crippen LogP contribution in [-0.4, -0.2) is 30.4 Å². The number of amides is 2. The number of hydrogen-bond acceptors (Lipinski definition) is 5. The van der Waals surface area contributed by atoms with E-state index in [-0.39, 0.29) is 12.5 Å². The van der Waals surface area contributed by atoms with E-state index in [1.165, 1.54) is 11.3 Å². The Morgan fingerprint density at radius 1 is 1.14 bits per heavy atom. The fraction of sp³-hybridized carbons (Fsp3) is 0.381. The molecule has 2 aromatic rings. The van der Waals surface area contributed by atoms with E-state index in [9.17, 15) is 14.4 Å². The molecule has 2 amide bonds. The lowest BCUT2D eigenvalue weighted by atomic mass is 10.0. The summed E-state index contributed by atoms with van der Waals surface area (Å²) in [5.41, 5.74) is 0.617. The largest absolute Gasteiger partial charge is 0.462 e. The predicted octanol–water partition coefficient (Wildman–Crippen LogP) is 4.53. The van der Waals surface area contributed by atoms with Crippen molar-refractivity contribution >= 4 is 45.7 Å². The Labute approximate surface area is 179 Å². The van der Waals surface area contributed by atoms with Gasteiger partial charge in [0.25, 0.3) is 5.91 Å². The van der Waals surface area contributed by atoms with Crippen LogP contribution in [0.4, 0.5) is 5.00 Å². The molecule has 29 heavy (non-hydrogen) atoms. The van der Waals surface area contributed by atoms with Crippen LogP contribution in [0.2, 0.25) is 5.02 Å². The second-order valence-corrected chi connectivity index (χ2v) is 8.24. The zero-order valence-electron chi connectivity index (χ0n) is 16.9. The molecule has 6 nitrogen and oxygen atoms in total. The van der Waals surface area contributed by atoms with Crippen molar-refractivity contribution in [2.45, 2.75) is 40.2 Å². The van der Waals surface area contributed by atoms with E-state index in [2.05, 4.69) is 10.6 Å². The van der Waals surface area contributed by atoms with Gasteiger partial charge in [0.1, 0.15) is 11.0 Å². The second-order valence-electron chi connectivity index (χ2n) is 6.69. The number of thiophene rings is 1. The third-order valence-electron chi connectivity index (χ3n) is 4.22. The maximum atomic E-state index is 12.9. The Kier molecular flexibility index (Phi) is 8.22. The van der Waals surface area contributed by atoms with Gasteiger partial charge in [0.2, 0.25) is 5.91 Å².